The van der Waals surface area contributed by atoms with Crippen molar-refractivity contribution in [1.82, 2.24) is 15.1 Å². The molecule has 1 radical (unpaired) electrons. The lowest BCUT2D eigenvalue weighted by molar-refractivity contribution is 0.215. The Balaban J connectivity index is 2.01. The highest BCUT2D eigenvalue weighted by molar-refractivity contribution is 4.67. The topological polar surface area (TPSA) is 20.6 Å². The van der Waals surface area contributed by atoms with Crippen LogP contribution in [0.1, 0.15) is 20.3 Å². The van der Waals surface area contributed by atoms with E-state index in [1.165, 1.54) is 45.7 Å². The first-order valence-corrected chi connectivity index (χ1v) is 5.94. The first-order chi connectivity index (χ1) is 6.86. The summed E-state index contributed by atoms with van der Waals surface area (Å²) >= 11 is 0. The van der Waals surface area contributed by atoms with Crippen LogP contribution in [0.2, 0.25) is 0 Å². The van der Waals surface area contributed by atoms with Crippen molar-refractivity contribution in [2.75, 3.05) is 52.4 Å². The summed E-state index contributed by atoms with van der Waals surface area (Å²) in [5.74, 6) is 0. The van der Waals surface area contributed by atoms with Gasteiger partial charge in [-0.1, -0.05) is 13.8 Å². The zero-order chi connectivity index (χ0) is 10.2. The highest BCUT2D eigenvalue weighted by atomic mass is 15.2. The van der Waals surface area contributed by atoms with Crippen LogP contribution >= 0.6 is 0 Å². The molecule has 14 heavy (non-hydrogen) atoms. The fourth-order valence-electron chi connectivity index (χ4n) is 1.93. The van der Waals surface area contributed by atoms with Crippen molar-refractivity contribution in [3.63, 3.8) is 0 Å². The van der Waals surface area contributed by atoms with Crippen LogP contribution in [-0.2, 0) is 0 Å². The second-order valence-electron chi connectivity index (χ2n) is 3.89. The third-order valence-electron chi connectivity index (χ3n) is 2.99. The van der Waals surface area contributed by atoms with Crippen LogP contribution in [0.4, 0.5) is 0 Å². The number of hydrogen-bond donors (Lipinski definition) is 0. The molecule has 0 N–H and O–H groups in total. The second kappa shape index (κ2) is 7.21. The summed E-state index contributed by atoms with van der Waals surface area (Å²) < 4.78 is 0. The van der Waals surface area contributed by atoms with E-state index < -0.39 is 0 Å². The molecular weight excluding hydrogens is 174 g/mol. The summed E-state index contributed by atoms with van der Waals surface area (Å²) in [4.78, 5) is 5.03. The van der Waals surface area contributed by atoms with Gasteiger partial charge in [0.25, 0.3) is 0 Å². The standard InChI is InChI=1S/C11H24N3/c1-3-13(4-2)8-5-9-14-10-6-12-7-11-14/h3-11H2,1-2H3. The van der Waals surface area contributed by atoms with E-state index >= 15 is 0 Å². The van der Waals surface area contributed by atoms with Gasteiger partial charge in [-0.25, -0.2) is 5.32 Å². The fraction of sp³-hybridized carbons (Fsp3) is 1.00. The number of nitrogens with zero attached hydrogens (tertiary/aromatic N) is 3. The average Bonchev–Trinajstić information content (AvgIpc) is 2.26. The molecule has 0 unspecified atom stereocenters. The minimum atomic E-state index is 1.05. The Kier molecular flexibility index (Phi) is 6.15. The van der Waals surface area contributed by atoms with Gasteiger partial charge in [0.05, 0.1) is 0 Å². The lowest BCUT2D eigenvalue weighted by Crippen LogP contribution is -2.41. The van der Waals surface area contributed by atoms with Gasteiger partial charge >= 0.3 is 0 Å². The van der Waals surface area contributed by atoms with E-state index in [2.05, 4.69) is 29.0 Å². The van der Waals surface area contributed by atoms with Crippen molar-refractivity contribution in [2.24, 2.45) is 0 Å². The minimum absolute atomic E-state index is 1.05. The molecule has 0 amide bonds. The van der Waals surface area contributed by atoms with Gasteiger partial charge in [0.2, 0.25) is 0 Å². The van der Waals surface area contributed by atoms with Crippen LogP contribution in [0.3, 0.4) is 0 Å². The summed E-state index contributed by atoms with van der Waals surface area (Å²) in [6.07, 6.45) is 1.31. The molecule has 3 heteroatoms. The highest BCUT2D eigenvalue weighted by Gasteiger charge is 2.09. The number of rotatable bonds is 6. The molecule has 1 rings (SSSR count). The van der Waals surface area contributed by atoms with Crippen LogP contribution in [-0.4, -0.2) is 62.2 Å². The first kappa shape index (κ1) is 12.0. The maximum absolute atomic E-state index is 4.35. The quantitative estimate of drug-likeness (QED) is 0.624. The van der Waals surface area contributed by atoms with E-state index in [0.717, 1.165) is 13.1 Å². The zero-order valence-corrected chi connectivity index (χ0v) is 9.71. The van der Waals surface area contributed by atoms with Gasteiger partial charge in [-0.15, -0.1) is 0 Å². The molecule has 0 atom stereocenters. The molecule has 0 aromatic carbocycles. The third kappa shape index (κ3) is 4.40. The van der Waals surface area contributed by atoms with Crippen LogP contribution in [0, 0.1) is 0 Å². The highest BCUT2D eigenvalue weighted by Crippen LogP contribution is 1.97. The van der Waals surface area contributed by atoms with Crippen molar-refractivity contribution in [2.45, 2.75) is 20.3 Å². The Labute approximate surface area is 88.5 Å². The fourth-order valence-corrected chi connectivity index (χ4v) is 1.93. The maximum atomic E-state index is 4.35. The van der Waals surface area contributed by atoms with Crippen molar-refractivity contribution >= 4 is 0 Å². The molecular formula is C11H24N3. The van der Waals surface area contributed by atoms with Crippen LogP contribution in [0.25, 0.3) is 0 Å². The molecule has 0 bridgehead atoms. The SMILES string of the molecule is CCN(CC)CCCN1CC[N]CC1. The zero-order valence-electron chi connectivity index (χ0n) is 9.71. The van der Waals surface area contributed by atoms with Crippen molar-refractivity contribution < 1.29 is 0 Å². The third-order valence-corrected chi connectivity index (χ3v) is 2.99. The van der Waals surface area contributed by atoms with E-state index in [-0.39, 0.29) is 0 Å². The molecule has 1 heterocycles. The largest absolute Gasteiger partial charge is 0.304 e. The summed E-state index contributed by atoms with van der Waals surface area (Å²) in [6, 6.07) is 0. The van der Waals surface area contributed by atoms with Gasteiger partial charge in [-0.05, 0) is 32.6 Å². The van der Waals surface area contributed by atoms with Gasteiger partial charge < -0.3 is 9.80 Å². The molecule has 0 aliphatic carbocycles. The Bertz CT molecular complexity index is 128. The Morgan fingerprint density at radius 2 is 1.79 bits per heavy atom. The molecule has 1 saturated heterocycles. The lowest BCUT2D eigenvalue weighted by atomic mass is 10.3. The Morgan fingerprint density at radius 3 is 2.36 bits per heavy atom. The normalized spacial score (nSPS) is 19.1. The molecule has 0 spiro atoms. The van der Waals surface area contributed by atoms with E-state index in [9.17, 15) is 0 Å². The lowest BCUT2D eigenvalue weighted by Gasteiger charge is -2.27. The molecule has 1 fully saturated rings. The molecule has 83 valence electrons. The Morgan fingerprint density at radius 1 is 1.14 bits per heavy atom. The van der Waals surface area contributed by atoms with Crippen molar-refractivity contribution in [3.8, 4) is 0 Å². The van der Waals surface area contributed by atoms with E-state index in [0.29, 0.717) is 0 Å². The maximum Gasteiger partial charge on any atom is 0.0261 e. The van der Waals surface area contributed by atoms with Gasteiger partial charge in [0.15, 0.2) is 0 Å². The summed E-state index contributed by atoms with van der Waals surface area (Å²) in [5.41, 5.74) is 0. The first-order valence-electron chi connectivity index (χ1n) is 5.94. The van der Waals surface area contributed by atoms with Gasteiger partial charge in [-0.2, -0.15) is 0 Å². The molecule has 1 aliphatic heterocycles. The summed E-state index contributed by atoms with van der Waals surface area (Å²) in [7, 11) is 0. The summed E-state index contributed by atoms with van der Waals surface area (Å²) in [5, 5.41) is 4.35. The van der Waals surface area contributed by atoms with E-state index in [4.69, 9.17) is 0 Å². The van der Waals surface area contributed by atoms with E-state index in [1.54, 1.807) is 0 Å². The summed E-state index contributed by atoms with van der Waals surface area (Å²) in [6.45, 7) is 13.8. The predicted molar refractivity (Wildman–Crippen MR) is 60.7 cm³/mol. The molecule has 0 aromatic rings. The smallest absolute Gasteiger partial charge is 0.0261 e. The van der Waals surface area contributed by atoms with Gasteiger partial charge in [0.1, 0.15) is 0 Å². The number of piperazine rings is 1. The molecule has 1 aliphatic rings. The second-order valence-corrected chi connectivity index (χ2v) is 3.89. The molecule has 0 saturated carbocycles. The van der Waals surface area contributed by atoms with Gasteiger partial charge in [-0.3, -0.25) is 0 Å². The minimum Gasteiger partial charge on any atom is -0.304 e. The van der Waals surface area contributed by atoms with Crippen LogP contribution in [0.5, 0.6) is 0 Å². The average molecular weight is 198 g/mol. The number of hydrogen-bond acceptors (Lipinski definition) is 2. The predicted octanol–water partition coefficient (Wildman–Crippen LogP) is 0.638. The van der Waals surface area contributed by atoms with E-state index in [1.807, 2.05) is 0 Å². The van der Waals surface area contributed by atoms with Gasteiger partial charge in [0, 0.05) is 26.2 Å². The monoisotopic (exact) mass is 198 g/mol. The molecule has 3 nitrogen and oxygen atoms in total. The molecule has 0 aromatic heterocycles. The van der Waals surface area contributed by atoms with Crippen LogP contribution < -0.4 is 5.32 Å². The Hall–Kier alpha value is -0.120. The van der Waals surface area contributed by atoms with Crippen molar-refractivity contribution in [1.29, 1.82) is 0 Å². The van der Waals surface area contributed by atoms with Crippen molar-refractivity contribution in [3.05, 3.63) is 0 Å². The van der Waals surface area contributed by atoms with Crippen LogP contribution in [0.15, 0.2) is 0 Å².